The van der Waals surface area contributed by atoms with Gasteiger partial charge in [0.25, 0.3) is 5.69 Å². The predicted octanol–water partition coefficient (Wildman–Crippen LogP) is 2.22. The van der Waals surface area contributed by atoms with Crippen LogP contribution in [0.2, 0.25) is 0 Å². The number of morpholine rings is 1. The van der Waals surface area contributed by atoms with E-state index in [1.165, 1.54) is 16.4 Å². The van der Waals surface area contributed by atoms with Crippen molar-refractivity contribution in [2.45, 2.75) is 11.8 Å². The van der Waals surface area contributed by atoms with Crippen molar-refractivity contribution in [3.63, 3.8) is 0 Å². The molecule has 1 fully saturated rings. The maximum Gasteiger partial charge on any atom is 0.295 e. The molecular formula is C20H22N4O7S. The molecule has 0 aliphatic carbocycles. The Labute approximate surface area is 184 Å². The van der Waals surface area contributed by atoms with Crippen LogP contribution in [0.5, 0.6) is 11.5 Å². The van der Waals surface area contributed by atoms with E-state index in [9.17, 15) is 18.5 Å². The van der Waals surface area contributed by atoms with E-state index >= 15 is 0 Å². The molecule has 1 saturated heterocycles. The highest BCUT2D eigenvalue weighted by Gasteiger charge is 2.29. The molecule has 4 rings (SSSR count). The number of nitrogens with one attached hydrogen (secondary N) is 1. The van der Waals surface area contributed by atoms with Gasteiger partial charge in [-0.1, -0.05) is 0 Å². The van der Waals surface area contributed by atoms with Crippen LogP contribution in [-0.4, -0.2) is 62.9 Å². The van der Waals surface area contributed by atoms with E-state index in [1.807, 2.05) is 0 Å². The van der Waals surface area contributed by atoms with Crippen molar-refractivity contribution in [1.82, 2.24) is 4.31 Å². The highest BCUT2D eigenvalue weighted by Crippen LogP contribution is 2.32. The fourth-order valence-electron chi connectivity index (χ4n) is 3.33. The number of anilines is 1. The number of rotatable bonds is 6. The van der Waals surface area contributed by atoms with Gasteiger partial charge >= 0.3 is 0 Å². The fraction of sp³-hybridized carbons (Fsp3) is 0.350. The molecule has 0 atom stereocenters. The second kappa shape index (κ2) is 9.10. The summed E-state index contributed by atoms with van der Waals surface area (Å²) >= 11 is 0. The van der Waals surface area contributed by atoms with Gasteiger partial charge < -0.3 is 14.2 Å². The quantitative estimate of drug-likeness (QED) is 0.393. The second-order valence-electron chi connectivity index (χ2n) is 7.12. The Morgan fingerprint density at radius 2 is 1.78 bits per heavy atom. The zero-order valence-corrected chi connectivity index (χ0v) is 18.1. The molecule has 2 aliphatic heterocycles. The molecule has 2 aliphatic rings. The lowest BCUT2D eigenvalue weighted by atomic mass is 10.1. The Morgan fingerprint density at radius 1 is 1.06 bits per heavy atom. The van der Waals surface area contributed by atoms with Crippen LogP contribution in [0, 0.1) is 10.1 Å². The van der Waals surface area contributed by atoms with Gasteiger partial charge in [-0.15, -0.1) is 0 Å². The molecule has 0 unspecified atom stereocenters. The molecule has 2 aromatic carbocycles. The molecule has 2 aromatic rings. The molecule has 11 nitrogen and oxygen atoms in total. The summed E-state index contributed by atoms with van der Waals surface area (Å²) < 4.78 is 43.1. The summed E-state index contributed by atoms with van der Waals surface area (Å²) in [5.74, 6) is 1.25. The van der Waals surface area contributed by atoms with Gasteiger partial charge in [-0.25, -0.2) is 8.42 Å². The zero-order chi connectivity index (χ0) is 22.7. The molecule has 0 bridgehead atoms. The molecular weight excluding hydrogens is 440 g/mol. The molecule has 12 heteroatoms. The van der Waals surface area contributed by atoms with Gasteiger partial charge in [0, 0.05) is 24.7 Å². The predicted molar refractivity (Wildman–Crippen MR) is 116 cm³/mol. The van der Waals surface area contributed by atoms with Gasteiger partial charge in [-0.3, -0.25) is 15.5 Å². The molecule has 0 saturated carbocycles. The molecule has 32 heavy (non-hydrogen) atoms. The summed E-state index contributed by atoms with van der Waals surface area (Å²) in [5, 5.41) is 15.8. The highest BCUT2D eigenvalue weighted by atomic mass is 32.2. The largest absolute Gasteiger partial charge is 0.486 e. The summed E-state index contributed by atoms with van der Waals surface area (Å²) in [6.45, 7) is 3.66. The Bertz CT molecular complexity index is 1160. The van der Waals surface area contributed by atoms with Gasteiger partial charge in [0.05, 0.1) is 28.7 Å². The minimum absolute atomic E-state index is 0.0767. The topological polar surface area (TPSA) is 133 Å². The van der Waals surface area contributed by atoms with Crippen molar-refractivity contribution in [2.24, 2.45) is 5.10 Å². The monoisotopic (exact) mass is 462 g/mol. The number of hydrogen-bond acceptors (Lipinski definition) is 9. The second-order valence-corrected chi connectivity index (χ2v) is 9.06. The average molecular weight is 462 g/mol. The van der Waals surface area contributed by atoms with Crippen LogP contribution in [-0.2, 0) is 14.8 Å². The lowest BCUT2D eigenvalue weighted by molar-refractivity contribution is -0.384. The number of nitro groups is 1. The van der Waals surface area contributed by atoms with Crippen LogP contribution in [0.25, 0.3) is 0 Å². The first-order valence-corrected chi connectivity index (χ1v) is 11.4. The lowest BCUT2D eigenvalue weighted by Gasteiger charge is -2.26. The summed E-state index contributed by atoms with van der Waals surface area (Å²) in [5.41, 5.74) is 3.67. The molecule has 0 aromatic heterocycles. The summed E-state index contributed by atoms with van der Waals surface area (Å²) in [6, 6.07) is 9.07. The lowest BCUT2D eigenvalue weighted by Crippen LogP contribution is -2.40. The van der Waals surface area contributed by atoms with Crippen molar-refractivity contribution >= 4 is 27.1 Å². The van der Waals surface area contributed by atoms with Crippen LogP contribution in [0.1, 0.15) is 12.5 Å². The number of nitrogens with zero attached hydrogens (tertiary/aromatic N) is 3. The van der Waals surface area contributed by atoms with Crippen molar-refractivity contribution < 1.29 is 27.6 Å². The number of sulfonamides is 1. The average Bonchev–Trinajstić information content (AvgIpc) is 2.82. The minimum atomic E-state index is -3.86. The van der Waals surface area contributed by atoms with Crippen LogP contribution in [0.4, 0.5) is 11.4 Å². The SMILES string of the molecule is CC(=NNc1ccc(S(=O)(=O)N2CCOCC2)cc1[N+](=O)[O-])c1ccc2c(c1)OCCO2. The maximum atomic E-state index is 12.8. The van der Waals surface area contributed by atoms with Crippen molar-refractivity contribution in [3.8, 4) is 11.5 Å². The number of hydrogen-bond donors (Lipinski definition) is 1. The molecule has 1 N–H and O–H groups in total. The molecule has 0 radical (unpaired) electrons. The summed E-state index contributed by atoms with van der Waals surface area (Å²) in [6.07, 6.45) is 0. The standard InChI is InChI=1S/C20H22N4O7S/c1-14(15-2-5-19-20(12-15)31-11-10-30-19)21-22-17-4-3-16(13-18(17)24(25)26)32(27,28)23-6-8-29-9-7-23/h2-5,12-13,22H,6-11H2,1H3. The maximum absolute atomic E-state index is 12.8. The van der Waals surface area contributed by atoms with E-state index in [0.717, 1.165) is 11.6 Å². The van der Waals surface area contributed by atoms with Crippen LogP contribution >= 0.6 is 0 Å². The third-order valence-electron chi connectivity index (χ3n) is 5.08. The number of hydrazone groups is 1. The molecule has 0 amide bonds. The van der Waals surface area contributed by atoms with Crippen molar-refractivity contribution in [2.75, 3.05) is 44.9 Å². The molecule has 2 heterocycles. The van der Waals surface area contributed by atoms with E-state index < -0.39 is 20.6 Å². The van der Waals surface area contributed by atoms with Crippen LogP contribution in [0.3, 0.4) is 0 Å². The van der Waals surface area contributed by atoms with E-state index in [2.05, 4.69) is 10.5 Å². The Balaban J connectivity index is 1.57. The zero-order valence-electron chi connectivity index (χ0n) is 17.3. The minimum Gasteiger partial charge on any atom is -0.486 e. The summed E-state index contributed by atoms with van der Waals surface area (Å²) in [4.78, 5) is 10.8. The van der Waals surface area contributed by atoms with E-state index in [4.69, 9.17) is 14.2 Å². The molecule has 0 spiro atoms. The van der Waals surface area contributed by atoms with E-state index in [0.29, 0.717) is 30.4 Å². The highest BCUT2D eigenvalue weighted by molar-refractivity contribution is 7.89. The number of nitro benzene ring substituents is 1. The van der Waals surface area contributed by atoms with E-state index in [1.54, 1.807) is 25.1 Å². The third-order valence-corrected chi connectivity index (χ3v) is 6.97. The Hall–Kier alpha value is -3.22. The van der Waals surface area contributed by atoms with Crippen LogP contribution in [0.15, 0.2) is 46.4 Å². The summed E-state index contributed by atoms with van der Waals surface area (Å²) in [7, 11) is -3.86. The van der Waals surface area contributed by atoms with Crippen LogP contribution < -0.4 is 14.9 Å². The third kappa shape index (κ3) is 4.52. The van der Waals surface area contributed by atoms with Crippen molar-refractivity contribution in [3.05, 3.63) is 52.1 Å². The van der Waals surface area contributed by atoms with E-state index in [-0.39, 0.29) is 36.9 Å². The number of fused-ring (bicyclic) bond motifs is 1. The van der Waals surface area contributed by atoms with Gasteiger partial charge in [0.2, 0.25) is 10.0 Å². The number of benzene rings is 2. The first-order valence-electron chi connectivity index (χ1n) is 9.93. The first kappa shape index (κ1) is 22.0. The Morgan fingerprint density at radius 3 is 2.50 bits per heavy atom. The first-order chi connectivity index (χ1) is 15.4. The van der Waals surface area contributed by atoms with Crippen molar-refractivity contribution in [1.29, 1.82) is 0 Å². The van der Waals surface area contributed by atoms with Gasteiger partial charge in [-0.2, -0.15) is 9.41 Å². The molecule has 170 valence electrons. The Kier molecular flexibility index (Phi) is 6.26. The normalized spacial score (nSPS) is 17.1. The number of ether oxygens (including phenoxy) is 3. The van der Waals surface area contributed by atoms with Gasteiger partial charge in [-0.05, 0) is 37.3 Å². The van der Waals surface area contributed by atoms with Gasteiger partial charge in [0.1, 0.15) is 18.9 Å². The smallest absolute Gasteiger partial charge is 0.295 e. The fourth-order valence-corrected chi connectivity index (χ4v) is 4.76. The van der Waals surface area contributed by atoms with Gasteiger partial charge in [0.15, 0.2) is 11.5 Å².